The second-order valence-electron chi connectivity index (χ2n) is 5.52. The van der Waals surface area contributed by atoms with E-state index in [2.05, 4.69) is 29.9 Å². The first-order valence-electron chi connectivity index (χ1n) is 6.56. The molecular weight excluding hydrogens is 214 g/mol. The largest absolute Gasteiger partial charge is 0.316 e. The topological polar surface area (TPSA) is 12.0 Å². The molecular formula is C14H21NS. The van der Waals surface area contributed by atoms with Crippen LogP contribution in [0.2, 0.25) is 0 Å². The molecule has 0 aromatic carbocycles. The smallest absolute Gasteiger partial charge is 0.0143 e. The summed E-state index contributed by atoms with van der Waals surface area (Å²) in [4.78, 5) is 1.54. The Morgan fingerprint density at radius 1 is 1.44 bits per heavy atom. The van der Waals surface area contributed by atoms with Crippen LogP contribution < -0.4 is 5.32 Å². The van der Waals surface area contributed by atoms with Gasteiger partial charge in [0.1, 0.15) is 0 Å². The summed E-state index contributed by atoms with van der Waals surface area (Å²) in [7, 11) is 2.14. The van der Waals surface area contributed by atoms with E-state index in [9.17, 15) is 0 Å². The molecule has 88 valence electrons. The Kier molecular flexibility index (Phi) is 3.03. The lowest BCUT2D eigenvalue weighted by Gasteiger charge is -2.30. The molecule has 2 aliphatic carbocycles. The van der Waals surface area contributed by atoms with Gasteiger partial charge in [0.2, 0.25) is 0 Å². The number of thiophene rings is 1. The molecule has 0 spiro atoms. The zero-order valence-electron chi connectivity index (χ0n) is 9.99. The van der Waals surface area contributed by atoms with E-state index in [1.54, 1.807) is 4.88 Å². The van der Waals surface area contributed by atoms with Crippen molar-refractivity contribution in [3.63, 3.8) is 0 Å². The predicted molar refractivity (Wildman–Crippen MR) is 69.8 cm³/mol. The van der Waals surface area contributed by atoms with Crippen molar-refractivity contribution in [2.75, 3.05) is 7.05 Å². The van der Waals surface area contributed by atoms with Crippen molar-refractivity contribution in [3.05, 3.63) is 22.4 Å². The minimum absolute atomic E-state index is 0.717. The second kappa shape index (κ2) is 4.50. The molecule has 1 aromatic heterocycles. The lowest BCUT2D eigenvalue weighted by atomic mass is 9.82. The molecule has 16 heavy (non-hydrogen) atoms. The minimum atomic E-state index is 0.717. The maximum Gasteiger partial charge on any atom is 0.0143 e. The summed E-state index contributed by atoms with van der Waals surface area (Å²) < 4.78 is 0. The number of rotatable bonds is 4. The van der Waals surface area contributed by atoms with Crippen molar-refractivity contribution in [1.82, 2.24) is 5.32 Å². The zero-order chi connectivity index (χ0) is 11.0. The molecule has 0 amide bonds. The summed E-state index contributed by atoms with van der Waals surface area (Å²) in [5.74, 6) is 3.04. The Bertz CT molecular complexity index is 333. The quantitative estimate of drug-likeness (QED) is 0.844. The lowest BCUT2D eigenvalue weighted by Crippen LogP contribution is -2.38. The molecule has 2 fully saturated rings. The highest BCUT2D eigenvalue weighted by Crippen LogP contribution is 2.49. The van der Waals surface area contributed by atoms with Gasteiger partial charge in [-0.3, -0.25) is 0 Å². The molecule has 2 bridgehead atoms. The monoisotopic (exact) mass is 235 g/mol. The first-order valence-corrected chi connectivity index (χ1v) is 7.44. The molecule has 1 nitrogen and oxygen atoms in total. The molecule has 0 radical (unpaired) electrons. The number of hydrogen-bond donors (Lipinski definition) is 1. The van der Waals surface area contributed by atoms with Crippen molar-refractivity contribution in [2.45, 2.75) is 38.1 Å². The van der Waals surface area contributed by atoms with Gasteiger partial charge < -0.3 is 5.32 Å². The summed E-state index contributed by atoms with van der Waals surface area (Å²) in [5, 5.41) is 5.77. The zero-order valence-corrected chi connectivity index (χ0v) is 10.8. The average Bonchev–Trinajstić information content (AvgIpc) is 3.02. The Morgan fingerprint density at radius 3 is 2.94 bits per heavy atom. The Morgan fingerprint density at radius 2 is 2.38 bits per heavy atom. The molecule has 2 saturated carbocycles. The number of likely N-dealkylation sites (N-methyl/N-ethyl adjacent to an activating group) is 1. The summed E-state index contributed by atoms with van der Waals surface area (Å²) >= 11 is 1.91. The maximum atomic E-state index is 3.57. The fourth-order valence-electron chi connectivity index (χ4n) is 3.90. The summed E-state index contributed by atoms with van der Waals surface area (Å²) in [5.41, 5.74) is 0. The molecule has 4 unspecified atom stereocenters. The first kappa shape index (κ1) is 10.8. The average molecular weight is 235 g/mol. The molecule has 1 heterocycles. The van der Waals surface area contributed by atoms with Gasteiger partial charge in [-0.2, -0.15) is 0 Å². The normalized spacial score (nSPS) is 34.4. The van der Waals surface area contributed by atoms with E-state index in [0.717, 1.165) is 17.8 Å². The van der Waals surface area contributed by atoms with Crippen LogP contribution in [0.15, 0.2) is 17.5 Å². The highest BCUT2D eigenvalue weighted by atomic mass is 32.1. The Labute approximate surface area is 102 Å². The van der Waals surface area contributed by atoms with E-state index in [1.807, 2.05) is 11.3 Å². The molecule has 0 saturated heterocycles. The second-order valence-corrected chi connectivity index (χ2v) is 6.55. The van der Waals surface area contributed by atoms with Crippen LogP contribution in [0.5, 0.6) is 0 Å². The highest BCUT2D eigenvalue weighted by Gasteiger charge is 2.42. The number of hydrogen-bond acceptors (Lipinski definition) is 2. The van der Waals surface area contributed by atoms with Gasteiger partial charge in [0.15, 0.2) is 0 Å². The summed E-state index contributed by atoms with van der Waals surface area (Å²) in [6.07, 6.45) is 7.26. The van der Waals surface area contributed by atoms with E-state index in [1.165, 1.54) is 32.1 Å². The predicted octanol–water partition coefficient (Wildman–Crippen LogP) is 3.31. The summed E-state index contributed by atoms with van der Waals surface area (Å²) in [6.45, 7) is 0. The SMILES string of the molecule is CNC(Cc1cccs1)C1CC2CCC1C2. The van der Waals surface area contributed by atoms with E-state index >= 15 is 0 Å². The van der Waals surface area contributed by atoms with Crippen LogP contribution in [0.3, 0.4) is 0 Å². The van der Waals surface area contributed by atoms with E-state index in [0.29, 0.717) is 6.04 Å². The molecule has 2 aliphatic rings. The van der Waals surface area contributed by atoms with Crippen molar-refractivity contribution < 1.29 is 0 Å². The van der Waals surface area contributed by atoms with E-state index < -0.39 is 0 Å². The van der Waals surface area contributed by atoms with Crippen LogP contribution >= 0.6 is 11.3 Å². The van der Waals surface area contributed by atoms with Crippen LogP contribution in [0, 0.1) is 17.8 Å². The first-order chi connectivity index (χ1) is 7.86. The van der Waals surface area contributed by atoms with Crippen molar-refractivity contribution in [3.8, 4) is 0 Å². The Hall–Kier alpha value is -0.340. The van der Waals surface area contributed by atoms with E-state index in [-0.39, 0.29) is 0 Å². The van der Waals surface area contributed by atoms with Gasteiger partial charge in [0.05, 0.1) is 0 Å². The van der Waals surface area contributed by atoms with Gasteiger partial charge in [0, 0.05) is 10.9 Å². The third-order valence-corrected chi connectivity index (χ3v) is 5.58. The van der Waals surface area contributed by atoms with Crippen LogP contribution in [-0.2, 0) is 6.42 Å². The van der Waals surface area contributed by atoms with Gasteiger partial charge in [-0.15, -0.1) is 11.3 Å². The van der Waals surface area contributed by atoms with Gasteiger partial charge in [-0.1, -0.05) is 12.5 Å². The van der Waals surface area contributed by atoms with Gasteiger partial charge in [-0.05, 0) is 61.9 Å². The van der Waals surface area contributed by atoms with Crippen molar-refractivity contribution in [2.24, 2.45) is 17.8 Å². The Balaban J connectivity index is 1.67. The van der Waals surface area contributed by atoms with Crippen molar-refractivity contribution in [1.29, 1.82) is 0 Å². The highest BCUT2D eigenvalue weighted by molar-refractivity contribution is 7.09. The number of fused-ring (bicyclic) bond motifs is 2. The molecule has 2 heteroatoms. The number of nitrogens with one attached hydrogen (secondary N) is 1. The minimum Gasteiger partial charge on any atom is -0.316 e. The van der Waals surface area contributed by atoms with Crippen LogP contribution in [0.25, 0.3) is 0 Å². The molecule has 1 N–H and O–H groups in total. The summed E-state index contributed by atoms with van der Waals surface area (Å²) in [6, 6.07) is 5.17. The fraction of sp³-hybridized carbons (Fsp3) is 0.714. The lowest BCUT2D eigenvalue weighted by molar-refractivity contribution is 0.256. The molecule has 1 aromatic rings. The fourth-order valence-corrected chi connectivity index (χ4v) is 4.66. The molecule has 3 rings (SSSR count). The third kappa shape index (κ3) is 1.93. The molecule has 0 aliphatic heterocycles. The van der Waals surface area contributed by atoms with Gasteiger partial charge in [-0.25, -0.2) is 0 Å². The third-order valence-electron chi connectivity index (χ3n) is 4.68. The standard InChI is InChI=1S/C14H21NS/c1-15-14(9-12-3-2-6-16-12)13-8-10-4-5-11(13)7-10/h2-3,6,10-11,13-15H,4-5,7-9H2,1H3. The van der Waals surface area contributed by atoms with Crippen LogP contribution in [0.4, 0.5) is 0 Å². The van der Waals surface area contributed by atoms with Gasteiger partial charge >= 0.3 is 0 Å². The van der Waals surface area contributed by atoms with Crippen LogP contribution in [0.1, 0.15) is 30.6 Å². The maximum absolute atomic E-state index is 3.57. The van der Waals surface area contributed by atoms with Gasteiger partial charge in [0.25, 0.3) is 0 Å². The van der Waals surface area contributed by atoms with Crippen LogP contribution in [-0.4, -0.2) is 13.1 Å². The molecule has 4 atom stereocenters. The van der Waals surface area contributed by atoms with E-state index in [4.69, 9.17) is 0 Å². The van der Waals surface area contributed by atoms with Crippen molar-refractivity contribution >= 4 is 11.3 Å².